The second-order valence-electron chi connectivity index (χ2n) is 3.91. The first kappa shape index (κ1) is 14.2. The van der Waals surface area contributed by atoms with Gasteiger partial charge in [0.2, 0.25) is 0 Å². The lowest BCUT2D eigenvalue weighted by Crippen LogP contribution is -2.13. The Bertz CT molecular complexity index is 563. The zero-order valence-corrected chi connectivity index (χ0v) is 11.4. The molecule has 0 fully saturated rings. The maximum Gasteiger partial charge on any atom is 0.159 e. The van der Waals surface area contributed by atoms with E-state index >= 15 is 0 Å². The summed E-state index contributed by atoms with van der Waals surface area (Å²) < 4.78 is 25.9. The number of benzene rings is 1. The number of halogens is 3. The Morgan fingerprint density at radius 1 is 1.21 bits per heavy atom. The van der Waals surface area contributed by atoms with E-state index in [4.69, 9.17) is 17.3 Å². The van der Waals surface area contributed by atoms with E-state index in [0.717, 1.165) is 17.2 Å². The van der Waals surface area contributed by atoms with Crippen LogP contribution in [0.5, 0.6) is 0 Å². The highest BCUT2D eigenvalue weighted by molar-refractivity contribution is 7.99. The Labute approximate surface area is 119 Å². The van der Waals surface area contributed by atoms with E-state index in [1.165, 1.54) is 17.8 Å². The molecule has 1 aromatic carbocycles. The third kappa shape index (κ3) is 3.89. The molecule has 1 unspecified atom stereocenters. The van der Waals surface area contributed by atoms with Crippen molar-refractivity contribution in [2.75, 3.05) is 5.75 Å². The van der Waals surface area contributed by atoms with Gasteiger partial charge in [-0.1, -0.05) is 17.7 Å². The number of thioether (sulfide) groups is 1. The molecule has 1 heterocycles. The lowest BCUT2D eigenvalue weighted by molar-refractivity contribution is 0.506. The van der Waals surface area contributed by atoms with Gasteiger partial charge >= 0.3 is 0 Å². The van der Waals surface area contributed by atoms with Crippen LogP contribution in [0.25, 0.3) is 0 Å². The van der Waals surface area contributed by atoms with Crippen molar-refractivity contribution < 1.29 is 8.78 Å². The SMILES string of the molecule is NC(CSc1ccc(Cl)cn1)c1ccc(F)c(F)c1. The number of hydrogen-bond acceptors (Lipinski definition) is 3. The van der Waals surface area contributed by atoms with Crippen molar-refractivity contribution in [3.8, 4) is 0 Å². The summed E-state index contributed by atoms with van der Waals surface area (Å²) in [5.74, 6) is -1.25. The summed E-state index contributed by atoms with van der Waals surface area (Å²) in [5, 5.41) is 1.34. The van der Waals surface area contributed by atoms with E-state index in [0.29, 0.717) is 16.3 Å². The van der Waals surface area contributed by atoms with Crippen molar-refractivity contribution >= 4 is 23.4 Å². The molecular weight excluding hydrogens is 290 g/mol. The van der Waals surface area contributed by atoms with Crippen LogP contribution in [0.3, 0.4) is 0 Å². The number of aromatic nitrogens is 1. The Morgan fingerprint density at radius 2 is 2.00 bits per heavy atom. The van der Waals surface area contributed by atoms with Gasteiger partial charge in [0.05, 0.1) is 10.0 Å². The van der Waals surface area contributed by atoms with Crippen molar-refractivity contribution in [1.82, 2.24) is 4.98 Å². The topological polar surface area (TPSA) is 38.9 Å². The predicted octanol–water partition coefficient (Wildman–Crippen LogP) is 3.81. The fourth-order valence-corrected chi connectivity index (χ4v) is 2.41. The van der Waals surface area contributed by atoms with Gasteiger partial charge in [-0.3, -0.25) is 0 Å². The lowest BCUT2D eigenvalue weighted by atomic mass is 10.1. The van der Waals surface area contributed by atoms with Gasteiger partial charge in [-0.05, 0) is 29.8 Å². The maximum absolute atomic E-state index is 13.1. The molecule has 2 nitrogen and oxygen atoms in total. The first-order valence-electron chi connectivity index (χ1n) is 5.51. The molecule has 0 aliphatic heterocycles. The highest BCUT2D eigenvalue weighted by Gasteiger charge is 2.10. The van der Waals surface area contributed by atoms with Gasteiger partial charge in [0, 0.05) is 18.0 Å². The molecule has 0 amide bonds. The zero-order chi connectivity index (χ0) is 13.8. The van der Waals surface area contributed by atoms with Gasteiger partial charge in [-0.15, -0.1) is 11.8 Å². The summed E-state index contributed by atoms with van der Waals surface area (Å²) in [4.78, 5) is 4.12. The fraction of sp³-hybridized carbons (Fsp3) is 0.154. The second kappa shape index (κ2) is 6.32. The van der Waals surface area contributed by atoms with Crippen molar-refractivity contribution in [3.63, 3.8) is 0 Å². The number of nitrogens with two attached hydrogens (primary N) is 1. The van der Waals surface area contributed by atoms with Gasteiger partial charge < -0.3 is 5.73 Å². The highest BCUT2D eigenvalue weighted by atomic mass is 35.5. The fourth-order valence-electron chi connectivity index (χ4n) is 1.46. The summed E-state index contributed by atoms with van der Waals surface area (Å²) in [7, 11) is 0. The number of nitrogens with zero attached hydrogens (tertiary/aromatic N) is 1. The monoisotopic (exact) mass is 300 g/mol. The second-order valence-corrected chi connectivity index (χ2v) is 5.38. The molecule has 19 heavy (non-hydrogen) atoms. The van der Waals surface area contributed by atoms with Crippen LogP contribution in [0.4, 0.5) is 8.78 Å². The minimum Gasteiger partial charge on any atom is -0.323 e. The van der Waals surface area contributed by atoms with E-state index in [2.05, 4.69) is 4.98 Å². The lowest BCUT2D eigenvalue weighted by Gasteiger charge is -2.11. The van der Waals surface area contributed by atoms with E-state index < -0.39 is 17.7 Å². The van der Waals surface area contributed by atoms with Gasteiger partial charge in [-0.25, -0.2) is 13.8 Å². The maximum atomic E-state index is 13.1. The molecule has 0 aliphatic rings. The molecule has 1 aromatic heterocycles. The van der Waals surface area contributed by atoms with Gasteiger partial charge in [0.1, 0.15) is 0 Å². The summed E-state index contributed by atoms with van der Waals surface area (Å²) in [6.45, 7) is 0. The van der Waals surface area contributed by atoms with Crippen molar-refractivity contribution in [3.05, 3.63) is 58.7 Å². The number of rotatable bonds is 4. The average molecular weight is 301 g/mol. The summed E-state index contributed by atoms with van der Waals surface area (Å²) in [6, 6.07) is 6.81. The van der Waals surface area contributed by atoms with E-state index in [1.54, 1.807) is 18.3 Å². The minimum absolute atomic E-state index is 0.391. The van der Waals surface area contributed by atoms with Gasteiger partial charge in [0.15, 0.2) is 11.6 Å². The van der Waals surface area contributed by atoms with Crippen molar-refractivity contribution in [2.45, 2.75) is 11.1 Å². The van der Waals surface area contributed by atoms with Gasteiger partial charge in [-0.2, -0.15) is 0 Å². The molecule has 0 radical (unpaired) electrons. The molecule has 100 valence electrons. The minimum atomic E-state index is -0.887. The standard InChI is InChI=1S/C13H11ClF2N2S/c14-9-2-4-13(18-6-9)19-7-12(17)8-1-3-10(15)11(16)5-8/h1-6,12H,7,17H2. The van der Waals surface area contributed by atoms with Gasteiger partial charge in [0.25, 0.3) is 0 Å². The van der Waals surface area contributed by atoms with Crippen molar-refractivity contribution in [2.24, 2.45) is 5.73 Å². The van der Waals surface area contributed by atoms with Crippen LogP contribution >= 0.6 is 23.4 Å². The molecular formula is C13H11ClF2N2S. The Kier molecular flexibility index (Phi) is 4.74. The van der Waals surface area contributed by atoms with Crippen LogP contribution in [0.2, 0.25) is 5.02 Å². The van der Waals surface area contributed by atoms with Crippen LogP contribution < -0.4 is 5.73 Å². The molecule has 0 bridgehead atoms. The van der Waals surface area contributed by atoms with Crippen LogP contribution in [-0.2, 0) is 0 Å². The van der Waals surface area contributed by atoms with E-state index in [9.17, 15) is 8.78 Å². The molecule has 0 spiro atoms. The van der Waals surface area contributed by atoms with Crippen molar-refractivity contribution in [1.29, 1.82) is 0 Å². The predicted molar refractivity (Wildman–Crippen MR) is 73.3 cm³/mol. The Morgan fingerprint density at radius 3 is 2.63 bits per heavy atom. The number of pyridine rings is 1. The average Bonchev–Trinajstić information content (AvgIpc) is 2.41. The molecule has 2 aromatic rings. The van der Waals surface area contributed by atoms with Crippen LogP contribution in [0.1, 0.15) is 11.6 Å². The van der Waals surface area contributed by atoms with Crippen LogP contribution in [-0.4, -0.2) is 10.7 Å². The van der Waals surface area contributed by atoms with Crippen LogP contribution in [0.15, 0.2) is 41.6 Å². The largest absolute Gasteiger partial charge is 0.323 e. The smallest absolute Gasteiger partial charge is 0.159 e. The summed E-state index contributed by atoms with van der Waals surface area (Å²) >= 11 is 7.16. The molecule has 0 saturated carbocycles. The zero-order valence-electron chi connectivity index (χ0n) is 9.82. The molecule has 0 aliphatic carbocycles. The number of hydrogen-bond donors (Lipinski definition) is 1. The van der Waals surface area contributed by atoms with E-state index in [1.807, 2.05) is 0 Å². The highest BCUT2D eigenvalue weighted by Crippen LogP contribution is 2.23. The first-order chi connectivity index (χ1) is 9.06. The third-order valence-electron chi connectivity index (χ3n) is 2.48. The Hall–Kier alpha value is -1.17. The summed E-state index contributed by atoms with van der Waals surface area (Å²) in [5.41, 5.74) is 6.48. The molecule has 2 rings (SSSR count). The molecule has 2 N–H and O–H groups in total. The van der Waals surface area contributed by atoms with E-state index in [-0.39, 0.29) is 0 Å². The third-order valence-corrected chi connectivity index (χ3v) is 3.77. The first-order valence-corrected chi connectivity index (χ1v) is 6.87. The molecule has 0 saturated heterocycles. The summed E-state index contributed by atoms with van der Waals surface area (Å²) in [6.07, 6.45) is 1.55. The normalized spacial score (nSPS) is 12.4. The molecule has 1 atom stereocenters. The quantitative estimate of drug-likeness (QED) is 0.873. The molecule has 6 heteroatoms. The Balaban J connectivity index is 1.98. The van der Waals surface area contributed by atoms with Crippen LogP contribution in [0, 0.1) is 11.6 Å².